The maximum Gasteiger partial charge on any atom is 0.249 e. The van der Waals surface area contributed by atoms with Crippen molar-refractivity contribution in [2.24, 2.45) is 0 Å². The monoisotopic (exact) mass is 466 g/mol. The van der Waals surface area contributed by atoms with Crippen LogP contribution in [-0.2, 0) is 14.8 Å². The third-order valence-corrected chi connectivity index (χ3v) is 7.40. The van der Waals surface area contributed by atoms with E-state index in [2.05, 4.69) is 15.1 Å². The number of fused-ring (bicyclic) bond motifs is 1. The van der Waals surface area contributed by atoms with Crippen LogP contribution in [0.2, 0.25) is 0 Å². The Hall–Kier alpha value is -3.30. The lowest BCUT2D eigenvalue weighted by atomic mass is 10.0. The van der Waals surface area contributed by atoms with Crippen LogP contribution in [0.3, 0.4) is 0 Å². The van der Waals surface area contributed by atoms with E-state index < -0.39 is 10.0 Å². The number of nitrogens with one attached hydrogen (secondary N) is 2. The fraction of sp³-hybridized carbons (Fsp3) is 0.292. The first-order valence-corrected chi connectivity index (χ1v) is 12.2. The number of aryl methyl sites for hydroxylation is 2. The van der Waals surface area contributed by atoms with Crippen molar-refractivity contribution < 1.29 is 18.0 Å². The number of aromatic nitrogens is 2. The molecule has 0 fully saturated rings. The van der Waals surface area contributed by atoms with Crippen LogP contribution < -0.4 is 10.0 Å². The molecule has 1 atom stereocenters. The molecule has 1 aliphatic heterocycles. The van der Waals surface area contributed by atoms with Crippen molar-refractivity contribution in [1.82, 2.24) is 14.5 Å². The zero-order valence-corrected chi connectivity index (χ0v) is 19.6. The molecule has 2 heterocycles. The molecular formula is C24H26N4O4S. The molecule has 0 spiro atoms. The minimum atomic E-state index is -3.80. The first-order valence-electron chi connectivity index (χ1n) is 10.8. The minimum absolute atomic E-state index is 0.000578. The summed E-state index contributed by atoms with van der Waals surface area (Å²) in [5.74, 6) is -0.286. The third-order valence-electron chi connectivity index (χ3n) is 5.83. The number of hydrogen-bond donors (Lipinski definition) is 2. The minimum Gasteiger partial charge on any atom is -0.310 e. The molecule has 33 heavy (non-hydrogen) atoms. The molecule has 2 aromatic carbocycles. The number of nitrogens with zero attached hydrogens (tertiary/aromatic N) is 2. The summed E-state index contributed by atoms with van der Waals surface area (Å²) in [5.41, 5.74) is 3.26. The van der Waals surface area contributed by atoms with Gasteiger partial charge in [0.2, 0.25) is 21.8 Å². The summed E-state index contributed by atoms with van der Waals surface area (Å²) in [4.78, 5) is 24.7. The van der Waals surface area contributed by atoms with E-state index in [0.717, 1.165) is 5.56 Å². The first kappa shape index (κ1) is 22.9. The fourth-order valence-electron chi connectivity index (χ4n) is 3.95. The van der Waals surface area contributed by atoms with Crippen molar-refractivity contribution in [3.63, 3.8) is 0 Å². The fourth-order valence-corrected chi connectivity index (χ4v) is 5.35. The molecular weight excluding hydrogens is 440 g/mol. The summed E-state index contributed by atoms with van der Waals surface area (Å²) >= 11 is 0. The molecule has 0 saturated heterocycles. The van der Waals surface area contributed by atoms with E-state index in [1.54, 1.807) is 32.0 Å². The van der Waals surface area contributed by atoms with Crippen molar-refractivity contribution in [2.75, 3.05) is 11.9 Å². The molecule has 1 aliphatic rings. The average Bonchev–Trinajstić information content (AvgIpc) is 3.05. The highest BCUT2D eigenvalue weighted by Gasteiger charge is 2.27. The second-order valence-electron chi connectivity index (χ2n) is 8.31. The van der Waals surface area contributed by atoms with Crippen LogP contribution in [0.5, 0.6) is 0 Å². The molecule has 0 aliphatic carbocycles. The van der Waals surface area contributed by atoms with Crippen molar-refractivity contribution in [3.05, 3.63) is 65.4 Å². The number of amides is 1. The predicted molar refractivity (Wildman–Crippen MR) is 126 cm³/mol. The molecule has 1 aromatic heterocycles. The lowest BCUT2D eigenvalue weighted by Crippen LogP contribution is -2.28. The van der Waals surface area contributed by atoms with Gasteiger partial charge in [-0.1, -0.05) is 49.4 Å². The van der Waals surface area contributed by atoms with Crippen LogP contribution in [0.4, 0.5) is 5.82 Å². The molecule has 2 N–H and O–H groups in total. The lowest BCUT2D eigenvalue weighted by Gasteiger charge is -2.15. The summed E-state index contributed by atoms with van der Waals surface area (Å²) in [6.07, 6.45) is 0.147. The van der Waals surface area contributed by atoms with Gasteiger partial charge in [0.05, 0.1) is 10.6 Å². The third kappa shape index (κ3) is 4.60. The van der Waals surface area contributed by atoms with E-state index in [1.807, 2.05) is 37.3 Å². The summed E-state index contributed by atoms with van der Waals surface area (Å²) in [5, 5.41) is 7.05. The number of carbonyl (C=O) groups is 2. The second-order valence-corrected chi connectivity index (χ2v) is 10.0. The van der Waals surface area contributed by atoms with E-state index in [9.17, 15) is 18.0 Å². The van der Waals surface area contributed by atoms with E-state index in [4.69, 9.17) is 0 Å². The number of carbonyl (C=O) groups excluding carboxylic acids is 2. The molecule has 1 amide bonds. The van der Waals surface area contributed by atoms with Crippen LogP contribution in [0, 0.1) is 13.8 Å². The van der Waals surface area contributed by atoms with Gasteiger partial charge in [-0.3, -0.25) is 9.59 Å². The van der Waals surface area contributed by atoms with Crippen molar-refractivity contribution in [1.29, 1.82) is 0 Å². The summed E-state index contributed by atoms with van der Waals surface area (Å²) in [6.45, 7) is 5.68. The van der Waals surface area contributed by atoms with Gasteiger partial charge in [-0.2, -0.15) is 9.78 Å². The number of hydrogen-bond acceptors (Lipinski definition) is 5. The molecule has 172 valence electrons. The van der Waals surface area contributed by atoms with Crippen molar-refractivity contribution >= 4 is 27.7 Å². The van der Waals surface area contributed by atoms with Gasteiger partial charge < -0.3 is 5.32 Å². The first-order chi connectivity index (χ1) is 15.7. The van der Waals surface area contributed by atoms with E-state index in [-0.39, 0.29) is 47.8 Å². The molecule has 0 bridgehead atoms. The highest BCUT2D eigenvalue weighted by molar-refractivity contribution is 7.89. The maximum atomic E-state index is 13.2. The quantitative estimate of drug-likeness (QED) is 0.577. The summed E-state index contributed by atoms with van der Waals surface area (Å²) < 4.78 is 30.3. The van der Waals surface area contributed by atoms with Crippen molar-refractivity contribution in [3.8, 4) is 11.1 Å². The van der Waals surface area contributed by atoms with Gasteiger partial charge in [-0.05, 0) is 42.5 Å². The number of benzene rings is 2. The number of anilines is 1. The van der Waals surface area contributed by atoms with Gasteiger partial charge in [-0.15, -0.1) is 0 Å². The molecule has 0 unspecified atom stereocenters. The predicted octanol–water partition coefficient (Wildman–Crippen LogP) is 3.62. The van der Waals surface area contributed by atoms with Crippen LogP contribution >= 0.6 is 0 Å². The Bertz CT molecular complexity index is 1330. The Morgan fingerprint density at radius 1 is 1.09 bits per heavy atom. The summed E-state index contributed by atoms with van der Waals surface area (Å²) in [7, 11) is -3.80. The Labute approximate surface area is 193 Å². The largest absolute Gasteiger partial charge is 0.310 e. The molecule has 0 saturated carbocycles. The van der Waals surface area contributed by atoms with Crippen LogP contribution in [0.15, 0.2) is 53.4 Å². The Morgan fingerprint density at radius 2 is 1.82 bits per heavy atom. The highest BCUT2D eigenvalue weighted by atomic mass is 32.2. The van der Waals surface area contributed by atoms with Gasteiger partial charge in [0, 0.05) is 24.9 Å². The smallest absolute Gasteiger partial charge is 0.249 e. The average molecular weight is 467 g/mol. The van der Waals surface area contributed by atoms with Crippen LogP contribution in [-0.4, -0.2) is 36.6 Å². The molecule has 0 radical (unpaired) electrons. The number of sulfonamides is 1. The standard InChI is InChI=1S/C24H26N4O4S/c1-15-9-10-19(23-17(3)27-28-22(30)12-11-21(29)26-24(23)28)13-20(15)33(31,32)25-14-16(2)18-7-5-4-6-8-18/h4-10,13,16,25H,11-12,14H2,1-3H3,(H,26,29)/t16-/m1/s1. The zero-order chi connectivity index (χ0) is 23.8. The zero-order valence-electron chi connectivity index (χ0n) is 18.8. The SMILES string of the molecule is Cc1ccc(-c2c(C)nn3c2NC(=O)CCC3=O)cc1S(=O)(=O)NC[C@@H](C)c1ccccc1. The van der Waals surface area contributed by atoms with Crippen LogP contribution in [0.1, 0.15) is 47.3 Å². The Balaban J connectivity index is 1.68. The second kappa shape index (κ2) is 8.92. The van der Waals surface area contributed by atoms with Gasteiger partial charge in [0.25, 0.3) is 0 Å². The molecule has 9 heteroatoms. The van der Waals surface area contributed by atoms with E-state index in [1.165, 1.54) is 4.68 Å². The number of rotatable bonds is 6. The highest BCUT2D eigenvalue weighted by Crippen LogP contribution is 2.35. The maximum absolute atomic E-state index is 13.2. The lowest BCUT2D eigenvalue weighted by molar-refractivity contribution is -0.116. The molecule has 4 rings (SSSR count). The Kier molecular flexibility index (Phi) is 6.18. The normalized spacial score (nSPS) is 15.0. The topological polar surface area (TPSA) is 110 Å². The van der Waals surface area contributed by atoms with Gasteiger partial charge >= 0.3 is 0 Å². The molecule has 8 nitrogen and oxygen atoms in total. The van der Waals surface area contributed by atoms with E-state index >= 15 is 0 Å². The van der Waals surface area contributed by atoms with Gasteiger partial charge in [-0.25, -0.2) is 13.1 Å². The summed E-state index contributed by atoms with van der Waals surface area (Å²) in [6, 6.07) is 14.8. The van der Waals surface area contributed by atoms with Gasteiger partial charge in [0.15, 0.2) is 0 Å². The molecule has 3 aromatic rings. The van der Waals surface area contributed by atoms with Gasteiger partial charge in [0.1, 0.15) is 5.82 Å². The van der Waals surface area contributed by atoms with Crippen molar-refractivity contribution in [2.45, 2.75) is 44.4 Å². The van der Waals surface area contributed by atoms with Crippen LogP contribution in [0.25, 0.3) is 11.1 Å². The van der Waals surface area contributed by atoms with E-state index in [0.29, 0.717) is 22.4 Å². The Morgan fingerprint density at radius 3 is 2.55 bits per heavy atom.